The summed E-state index contributed by atoms with van der Waals surface area (Å²) in [6.07, 6.45) is 5.78. The Hall–Kier alpha value is -1.81. The van der Waals surface area contributed by atoms with Crippen LogP contribution >= 0.6 is 11.8 Å². The summed E-state index contributed by atoms with van der Waals surface area (Å²) >= 11 is 1.68. The number of rotatable bonds is 8. The van der Waals surface area contributed by atoms with Crippen LogP contribution in [0.2, 0.25) is 0 Å². The zero-order valence-electron chi connectivity index (χ0n) is 11.9. The largest absolute Gasteiger partial charge is 0.466 e. The highest BCUT2D eigenvalue weighted by molar-refractivity contribution is 7.99. The van der Waals surface area contributed by atoms with Gasteiger partial charge in [-0.25, -0.2) is 0 Å². The SMILES string of the molecule is O=C(CCSc1ccccc1)OCCCc1cccnc1. The fourth-order valence-electron chi connectivity index (χ4n) is 1.85. The first-order chi connectivity index (χ1) is 10.3. The van der Waals surface area contributed by atoms with Crippen molar-refractivity contribution in [2.45, 2.75) is 24.2 Å². The van der Waals surface area contributed by atoms with Gasteiger partial charge in [0.15, 0.2) is 0 Å². The normalized spacial score (nSPS) is 10.3. The zero-order chi connectivity index (χ0) is 14.8. The van der Waals surface area contributed by atoms with E-state index in [2.05, 4.69) is 4.98 Å². The van der Waals surface area contributed by atoms with Crippen molar-refractivity contribution in [3.05, 3.63) is 60.4 Å². The fourth-order valence-corrected chi connectivity index (χ4v) is 2.70. The summed E-state index contributed by atoms with van der Waals surface area (Å²) in [4.78, 5) is 16.8. The number of carbonyl (C=O) groups is 1. The van der Waals surface area contributed by atoms with Crippen LogP contribution in [0.1, 0.15) is 18.4 Å². The number of pyridine rings is 1. The molecule has 2 rings (SSSR count). The second-order valence-electron chi connectivity index (χ2n) is 4.60. The zero-order valence-corrected chi connectivity index (χ0v) is 12.7. The number of hydrogen-bond acceptors (Lipinski definition) is 4. The average molecular weight is 301 g/mol. The van der Waals surface area contributed by atoms with Gasteiger partial charge in [0.25, 0.3) is 0 Å². The lowest BCUT2D eigenvalue weighted by molar-refractivity contribution is -0.143. The van der Waals surface area contributed by atoms with Crippen LogP contribution in [0, 0.1) is 0 Å². The predicted octanol–water partition coefficient (Wildman–Crippen LogP) is 3.74. The summed E-state index contributed by atoms with van der Waals surface area (Å²) < 4.78 is 5.23. The summed E-state index contributed by atoms with van der Waals surface area (Å²) in [5.41, 5.74) is 1.17. The number of thioether (sulfide) groups is 1. The lowest BCUT2D eigenvalue weighted by Gasteiger charge is -2.05. The Morgan fingerprint density at radius 1 is 1.14 bits per heavy atom. The van der Waals surface area contributed by atoms with Gasteiger partial charge in [-0.1, -0.05) is 24.3 Å². The Morgan fingerprint density at radius 3 is 2.76 bits per heavy atom. The number of nitrogens with zero attached hydrogens (tertiary/aromatic N) is 1. The molecule has 0 amide bonds. The first kappa shape index (κ1) is 15.6. The second kappa shape index (κ2) is 9.19. The van der Waals surface area contributed by atoms with Crippen molar-refractivity contribution in [2.75, 3.05) is 12.4 Å². The number of benzene rings is 1. The predicted molar refractivity (Wildman–Crippen MR) is 85.3 cm³/mol. The molecule has 0 aliphatic rings. The van der Waals surface area contributed by atoms with E-state index in [0.29, 0.717) is 13.0 Å². The molecule has 1 aromatic carbocycles. The molecule has 21 heavy (non-hydrogen) atoms. The lowest BCUT2D eigenvalue weighted by atomic mass is 10.2. The molecule has 0 aliphatic heterocycles. The highest BCUT2D eigenvalue weighted by Crippen LogP contribution is 2.17. The van der Waals surface area contributed by atoms with E-state index in [1.165, 1.54) is 10.5 Å². The molecule has 4 heteroatoms. The van der Waals surface area contributed by atoms with Gasteiger partial charge in [0.2, 0.25) is 0 Å². The van der Waals surface area contributed by atoms with Gasteiger partial charge in [-0.3, -0.25) is 9.78 Å². The Balaban J connectivity index is 1.54. The van der Waals surface area contributed by atoms with Crippen molar-refractivity contribution in [3.63, 3.8) is 0 Å². The molecule has 3 nitrogen and oxygen atoms in total. The van der Waals surface area contributed by atoms with Crippen LogP contribution in [0.15, 0.2) is 59.8 Å². The first-order valence-corrected chi connectivity index (χ1v) is 8.05. The third kappa shape index (κ3) is 6.45. The molecule has 0 spiro atoms. The maximum atomic E-state index is 11.6. The van der Waals surface area contributed by atoms with E-state index in [9.17, 15) is 4.79 Å². The Kier molecular flexibility index (Phi) is 6.81. The van der Waals surface area contributed by atoms with Crippen LogP contribution in [0.3, 0.4) is 0 Å². The first-order valence-electron chi connectivity index (χ1n) is 7.07. The van der Waals surface area contributed by atoms with Crippen LogP contribution in [0.4, 0.5) is 0 Å². The molecule has 0 saturated heterocycles. The van der Waals surface area contributed by atoms with Crippen molar-refractivity contribution < 1.29 is 9.53 Å². The molecule has 110 valence electrons. The number of carbonyl (C=O) groups excluding carboxylic acids is 1. The molecule has 2 aromatic rings. The molecule has 0 saturated carbocycles. The third-order valence-electron chi connectivity index (χ3n) is 2.91. The van der Waals surface area contributed by atoms with Crippen LogP contribution in [0.5, 0.6) is 0 Å². The molecule has 1 aromatic heterocycles. The van der Waals surface area contributed by atoms with Gasteiger partial charge in [0.05, 0.1) is 13.0 Å². The monoisotopic (exact) mass is 301 g/mol. The quantitative estimate of drug-likeness (QED) is 0.423. The van der Waals surface area contributed by atoms with E-state index in [0.717, 1.165) is 18.6 Å². The average Bonchev–Trinajstić information content (AvgIpc) is 2.54. The molecular weight excluding hydrogens is 282 g/mol. The van der Waals surface area contributed by atoms with Gasteiger partial charge >= 0.3 is 5.97 Å². The summed E-state index contributed by atoms with van der Waals surface area (Å²) in [5, 5.41) is 0. The van der Waals surface area contributed by atoms with E-state index in [1.54, 1.807) is 18.0 Å². The summed E-state index contributed by atoms with van der Waals surface area (Å²) in [5.74, 6) is 0.635. The molecule has 0 bridgehead atoms. The summed E-state index contributed by atoms with van der Waals surface area (Å²) in [6, 6.07) is 14.0. The van der Waals surface area contributed by atoms with Gasteiger partial charge in [-0.2, -0.15) is 0 Å². The number of aromatic nitrogens is 1. The lowest BCUT2D eigenvalue weighted by Crippen LogP contribution is -2.07. The minimum absolute atomic E-state index is 0.121. The molecule has 0 unspecified atom stereocenters. The number of hydrogen-bond donors (Lipinski definition) is 0. The smallest absolute Gasteiger partial charge is 0.306 e. The molecule has 1 heterocycles. The molecule has 0 aliphatic carbocycles. The third-order valence-corrected chi connectivity index (χ3v) is 3.93. The maximum absolute atomic E-state index is 11.6. The Bertz CT molecular complexity index is 531. The Morgan fingerprint density at radius 2 is 2.00 bits per heavy atom. The van der Waals surface area contributed by atoms with Crippen LogP contribution in [-0.4, -0.2) is 23.3 Å². The molecule has 0 radical (unpaired) electrons. The number of aryl methyl sites for hydroxylation is 1. The van der Waals surface area contributed by atoms with Gasteiger partial charge in [0.1, 0.15) is 0 Å². The van der Waals surface area contributed by atoms with Gasteiger partial charge in [0, 0.05) is 23.0 Å². The molecule has 0 N–H and O–H groups in total. The fraction of sp³-hybridized carbons (Fsp3) is 0.294. The second-order valence-corrected chi connectivity index (χ2v) is 5.77. The minimum Gasteiger partial charge on any atom is -0.466 e. The van der Waals surface area contributed by atoms with Crippen molar-refractivity contribution in [1.82, 2.24) is 4.98 Å². The molecule has 0 fully saturated rings. The topological polar surface area (TPSA) is 39.2 Å². The summed E-state index contributed by atoms with van der Waals surface area (Å²) in [7, 11) is 0. The van der Waals surface area contributed by atoms with E-state index in [1.807, 2.05) is 48.7 Å². The highest BCUT2D eigenvalue weighted by atomic mass is 32.2. The van der Waals surface area contributed by atoms with Gasteiger partial charge < -0.3 is 4.74 Å². The van der Waals surface area contributed by atoms with E-state index < -0.39 is 0 Å². The molecule has 0 atom stereocenters. The van der Waals surface area contributed by atoms with Gasteiger partial charge in [-0.15, -0.1) is 11.8 Å². The maximum Gasteiger partial charge on any atom is 0.306 e. The van der Waals surface area contributed by atoms with E-state index in [-0.39, 0.29) is 5.97 Å². The number of esters is 1. The molecular formula is C17H19NO2S. The van der Waals surface area contributed by atoms with Crippen LogP contribution in [0.25, 0.3) is 0 Å². The van der Waals surface area contributed by atoms with Crippen LogP contribution < -0.4 is 0 Å². The standard InChI is InChI=1S/C17H19NO2S/c19-17(10-13-21-16-8-2-1-3-9-16)20-12-5-7-15-6-4-11-18-14-15/h1-4,6,8-9,11,14H,5,7,10,12-13H2. The van der Waals surface area contributed by atoms with Crippen LogP contribution in [-0.2, 0) is 16.0 Å². The minimum atomic E-state index is -0.121. The summed E-state index contributed by atoms with van der Waals surface area (Å²) in [6.45, 7) is 0.476. The van der Waals surface area contributed by atoms with E-state index in [4.69, 9.17) is 4.74 Å². The Labute approximate surface area is 129 Å². The van der Waals surface area contributed by atoms with Gasteiger partial charge in [-0.05, 0) is 36.6 Å². The highest BCUT2D eigenvalue weighted by Gasteiger charge is 2.03. The van der Waals surface area contributed by atoms with E-state index >= 15 is 0 Å². The van der Waals surface area contributed by atoms with Crippen molar-refractivity contribution in [2.24, 2.45) is 0 Å². The van der Waals surface area contributed by atoms with Crippen molar-refractivity contribution in [1.29, 1.82) is 0 Å². The van der Waals surface area contributed by atoms with Crippen molar-refractivity contribution in [3.8, 4) is 0 Å². The number of ether oxygens (including phenoxy) is 1. The van der Waals surface area contributed by atoms with Crippen molar-refractivity contribution >= 4 is 17.7 Å².